The van der Waals surface area contributed by atoms with Crippen LogP contribution in [0.1, 0.15) is 38.4 Å². The Hall–Kier alpha value is -0.730. The molecule has 1 unspecified atom stereocenters. The van der Waals surface area contributed by atoms with E-state index in [1.54, 1.807) is 12.1 Å². The highest BCUT2D eigenvalue weighted by Crippen LogP contribution is 2.30. The van der Waals surface area contributed by atoms with Gasteiger partial charge in [0.1, 0.15) is 5.75 Å². The molecule has 3 heteroatoms. The Morgan fingerprint density at radius 2 is 2.13 bits per heavy atom. The molecule has 1 aromatic rings. The number of benzene rings is 1. The van der Waals surface area contributed by atoms with Crippen LogP contribution in [0.2, 0.25) is 5.02 Å². The van der Waals surface area contributed by atoms with Gasteiger partial charge in [-0.2, -0.15) is 0 Å². The third-order valence-corrected chi connectivity index (χ3v) is 2.41. The fourth-order valence-corrected chi connectivity index (χ4v) is 1.52. The average molecular weight is 229 g/mol. The molecule has 84 valence electrons. The van der Waals surface area contributed by atoms with Crippen LogP contribution >= 0.6 is 11.6 Å². The summed E-state index contributed by atoms with van der Waals surface area (Å²) in [6.45, 7) is 4.63. The topological polar surface area (TPSA) is 29.5 Å². The predicted molar refractivity (Wildman–Crippen MR) is 62.5 cm³/mol. The Kier molecular flexibility index (Phi) is 4.92. The SMILES string of the molecule is CCCOc1ccc(Cl)cc1C(O)CC. The molecule has 0 bridgehead atoms. The smallest absolute Gasteiger partial charge is 0.125 e. The van der Waals surface area contributed by atoms with Gasteiger partial charge >= 0.3 is 0 Å². The average Bonchev–Trinajstić information content (AvgIpc) is 2.26. The molecule has 0 aromatic heterocycles. The molecule has 0 aliphatic heterocycles. The standard InChI is InChI=1S/C12H17ClO2/c1-3-7-15-12-6-5-9(13)8-10(12)11(14)4-2/h5-6,8,11,14H,3-4,7H2,1-2H3. The molecule has 0 saturated carbocycles. The van der Waals surface area contributed by atoms with Gasteiger partial charge in [-0.1, -0.05) is 25.4 Å². The third kappa shape index (κ3) is 3.40. The van der Waals surface area contributed by atoms with E-state index in [4.69, 9.17) is 16.3 Å². The number of hydrogen-bond donors (Lipinski definition) is 1. The molecule has 15 heavy (non-hydrogen) atoms. The first kappa shape index (κ1) is 12.3. The quantitative estimate of drug-likeness (QED) is 0.835. The number of hydrogen-bond acceptors (Lipinski definition) is 2. The minimum Gasteiger partial charge on any atom is -0.493 e. The molecule has 0 amide bonds. The van der Waals surface area contributed by atoms with Gasteiger partial charge in [0.05, 0.1) is 12.7 Å². The largest absolute Gasteiger partial charge is 0.493 e. The predicted octanol–water partition coefficient (Wildman–Crippen LogP) is 3.57. The van der Waals surface area contributed by atoms with Crippen molar-refractivity contribution >= 4 is 11.6 Å². The van der Waals surface area contributed by atoms with Crippen molar-refractivity contribution in [1.82, 2.24) is 0 Å². The highest BCUT2D eigenvalue weighted by atomic mass is 35.5. The number of aliphatic hydroxyl groups excluding tert-OH is 1. The van der Waals surface area contributed by atoms with Gasteiger partial charge in [0.2, 0.25) is 0 Å². The Bertz CT molecular complexity index is 312. The van der Waals surface area contributed by atoms with E-state index >= 15 is 0 Å². The van der Waals surface area contributed by atoms with E-state index < -0.39 is 6.10 Å². The van der Waals surface area contributed by atoms with Gasteiger partial charge in [0.25, 0.3) is 0 Å². The summed E-state index contributed by atoms with van der Waals surface area (Å²) in [5.41, 5.74) is 0.776. The number of aliphatic hydroxyl groups is 1. The maximum Gasteiger partial charge on any atom is 0.125 e. The molecule has 1 rings (SSSR count). The maximum atomic E-state index is 9.80. The monoisotopic (exact) mass is 228 g/mol. The third-order valence-electron chi connectivity index (χ3n) is 2.18. The fourth-order valence-electron chi connectivity index (χ4n) is 1.34. The molecular weight excluding hydrogens is 212 g/mol. The fraction of sp³-hybridized carbons (Fsp3) is 0.500. The van der Waals surface area contributed by atoms with Crippen LogP contribution in [0.5, 0.6) is 5.75 Å². The summed E-state index contributed by atoms with van der Waals surface area (Å²) in [5, 5.41) is 10.4. The van der Waals surface area contributed by atoms with Crippen LogP contribution in [0.15, 0.2) is 18.2 Å². The van der Waals surface area contributed by atoms with Crippen molar-refractivity contribution in [3.05, 3.63) is 28.8 Å². The molecule has 0 aliphatic carbocycles. The van der Waals surface area contributed by atoms with Crippen molar-refractivity contribution in [1.29, 1.82) is 0 Å². The Labute approximate surface area is 95.8 Å². The lowest BCUT2D eigenvalue weighted by Gasteiger charge is -2.15. The van der Waals surface area contributed by atoms with E-state index in [0.717, 1.165) is 17.7 Å². The molecule has 2 nitrogen and oxygen atoms in total. The van der Waals surface area contributed by atoms with Crippen LogP contribution in [-0.2, 0) is 0 Å². The van der Waals surface area contributed by atoms with Crippen molar-refractivity contribution in [3.63, 3.8) is 0 Å². The van der Waals surface area contributed by atoms with Crippen LogP contribution in [0.4, 0.5) is 0 Å². The van der Waals surface area contributed by atoms with E-state index in [-0.39, 0.29) is 0 Å². The number of halogens is 1. The highest BCUT2D eigenvalue weighted by Gasteiger charge is 2.12. The molecule has 0 fully saturated rings. The first-order chi connectivity index (χ1) is 7.19. The molecule has 0 aliphatic rings. The van der Waals surface area contributed by atoms with Crippen molar-refractivity contribution in [2.75, 3.05) is 6.61 Å². The molecule has 1 atom stereocenters. The molecule has 0 heterocycles. The zero-order chi connectivity index (χ0) is 11.3. The van der Waals surface area contributed by atoms with Gasteiger partial charge in [0, 0.05) is 10.6 Å². The maximum absolute atomic E-state index is 9.80. The van der Waals surface area contributed by atoms with Crippen molar-refractivity contribution < 1.29 is 9.84 Å². The van der Waals surface area contributed by atoms with Crippen molar-refractivity contribution in [2.24, 2.45) is 0 Å². The van der Waals surface area contributed by atoms with Gasteiger partial charge in [-0.05, 0) is 31.0 Å². The lowest BCUT2D eigenvalue weighted by molar-refractivity contribution is 0.167. The molecule has 0 spiro atoms. The lowest BCUT2D eigenvalue weighted by atomic mass is 10.1. The first-order valence-electron chi connectivity index (χ1n) is 5.29. The second kappa shape index (κ2) is 5.99. The zero-order valence-electron chi connectivity index (χ0n) is 9.16. The van der Waals surface area contributed by atoms with Crippen LogP contribution in [0.3, 0.4) is 0 Å². The number of rotatable bonds is 5. The molecular formula is C12H17ClO2. The van der Waals surface area contributed by atoms with E-state index in [1.165, 1.54) is 0 Å². The van der Waals surface area contributed by atoms with Crippen LogP contribution < -0.4 is 4.74 Å². The van der Waals surface area contributed by atoms with E-state index in [1.807, 2.05) is 19.9 Å². The molecule has 1 N–H and O–H groups in total. The summed E-state index contributed by atoms with van der Waals surface area (Å²) in [6, 6.07) is 5.35. The summed E-state index contributed by atoms with van der Waals surface area (Å²) in [4.78, 5) is 0. The van der Waals surface area contributed by atoms with E-state index in [0.29, 0.717) is 18.1 Å². The van der Waals surface area contributed by atoms with Crippen LogP contribution in [-0.4, -0.2) is 11.7 Å². The van der Waals surface area contributed by atoms with Gasteiger partial charge in [0.15, 0.2) is 0 Å². The minimum atomic E-state index is -0.504. The zero-order valence-corrected chi connectivity index (χ0v) is 9.92. The summed E-state index contributed by atoms with van der Waals surface area (Å²) in [5.74, 6) is 0.732. The van der Waals surface area contributed by atoms with Crippen molar-refractivity contribution in [3.8, 4) is 5.75 Å². The summed E-state index contributed by atoms with van der Waals surface area (Å²) in [6.07, 6.45) is 1.10. The number of ether oxygens (including phenoxy) is 1. The van der Waals surface area contributed by atoms with E-state index in [9.17, 15) is 5.11 Å². The molecule has 0 radical (unpaired) electrons. The van der Waals surface area contributed by atoms with E-state index in [2.05, 4.69) is 0 Å². The minimum absolute atomic E-state index is 0.504. The van der Waals surface area contributed by atoms with Gasteiger partial charge in [-0.15, -0.1) is 0 Å². The van der Waals surface area contributed by atoms with Crippen LogP contribution in [0, 0.1) is 0 Å². The van der Waals surface area contributed by atoms with Crippen LogP contribution in [0.25, 0.3) is 0 Å². The Morgan fingerprint density at radius 1 is 1.40 bits per heavy atom. The van der Waals surface area contributed by atoms with Gasteiger partial charge < -0.3 is 9.84 Å². The summed E-state index contributed by atoms with van der Waals surface area (Å²) in [7, 11) is 0. The Balaban J connectivity index is 2.92. The van der Waals surface area contributed by atoms with Crippen molar-refractivity contribution in [2.45, 2.75) is 32.8 Å². The first-order valence-corrected chi connectivity index (χ1v) is 5.67. The lowest BCUT2D eigenvalue weighted by Crippen LogP contribution is -2.02. The second-order valence-corrected chi connectivity index (χ2v) is 3.89. The summed E-state index contributed by atoms with van der Waals surface area (Å²) >= 11 is 5.89. The summed E-state index contributed by atoms with van der Waals surface area (Å²) < 4.78 is 5.55. The molecule has 0 saturated heterocycles. The molecule has 1 aromatic carbocycles. The van der Waals surface area contributed by atoms with Gasteiger partial charge in [-0.25, -0.2) is 0 Å². The highest BCUT2D eigenvalue weighted by molar-refractivity contribution is 6.30. The van der Waals surface area contributed by atoms with Gasteiger partial charge in [-0.3, -0.25) is 0 Å². The Morgan fingerprint density at radius 3 is 2.73 bits per heavy atom. The normalized spacial score (nSPS) is 12.5. The second-order valence-electron chi connectivity index (χ2n) is 3.45.